The number of benzene rings is 1. The van der Waals surface area contributed by atoms with Gasteiger partial charge in [0.05, 0.1) is 18.8 Å². The molecule has 1 aromatic heterocycles. The van der Waals surface area contributed by atoms with Crippen LogP contribution in [0.1, 0.15) is 18.0 Å². The summed E-state index contributed by atoms with van der Waals surface area (Å²) in [6.07, 6.45) is 4.52. The van der Waals surface area contributed by atoms with Crippen LogP contribution in [-0.4, -0.2) is 55.1 Å². The second-order valence-electron chi connectivity index (χ2n) is 6.71. The maximum atomic E-state index is 13.2. The van der Waals surface area contributed by atoms with Gasteiger partial charge in [0.25, 0.3) is 0 Å². The predicted molar refractivity (Wildman–Crippen MR) is 108 cm³/mol. The lowest BCUT2D eigenvalue weighted by atomic mass is 10.0. The largest absolute Gasteiger partial charge is 0.495 e. The fourth-order valence-electron chi connectivity index (χ4n) is 4.04. The van der Waals surface area contributed by atoms with E-state index >= 15 is 0 Å². The van der Waals surface area contributed by atoms with Crippen LogP contribution < -0.4 is 15.0 Å². The molecule has 1 aromatic carbocycles. The smallest absolute Gasteiger partial charge is 0.244 e. The highest BCUT2D eigenvalue weighted by atomic mass is 35.5. The molecule has 0 saturated carbocycles. The number of piperazine rings is 1. The number of halogens is 1. The van der Waals surface area contributed by atoms with Crippen molar-refractivity contribution in [3.8, 4) is 5.75 Å². The van der Waals surface area contributed by atoms with Crippen LogP contribution in [0.5, 0.6) is 5.75 Å². The molecule has 2 fully saturated rings. The standard InChI is InChI=1S/C20H24N4O2.ClH/c1-26-19-7-3-2-6-16(19)24-11-8-17(20(24)25)23-12-10-22-14-18(23)15-5-4-9-21-13-15;/h2-7,9,13,17-18,22H,8,10-12,14H2,1H3;1H. The van der Waals surface area contributed by atoms with Gasteiger partial charge in [-0.1, -0.05) is 18.2 Å². The van der Waals surface area contributed by atoms with Crippen LogP contribution in [0.3, 0.4) is 0 Å². The van der Waals surface area contributed by atoms with Crippen molar-refractivity contribution in [3.05, 3.63) is 54.4 Å². The van der Waals surface area contributed by atoms with Gasteiger partial charge in [-0.3, -0.25) is 14.7 Å². The number of para-hydroxylation sites is 2. The Hall–Kier alpha value is -2.15. The molecular formula is C20H25ClN4O2. The second kappa shape index (κ2) is 8.69. The minimum Gasteiger partial charge on any atom is -0.495 e. The van der Waals surface area contributed by atoms with Gasteiger partial charge in [-0.05, 0) is 30.2 Å². The van der Waals surface area contributed by atoms with Crippen LogP contribution in [0.15, 0.2) is 48.8 Å². The van der Waals surface area contributed by atoms with Gasteiger partial charge in [-0.15, -0.1) is 12.4 Å². The molecule has 0 aliphatic carbocycles. The van der Waals surface area contributed by atoms with Gasteiger partial charge in [0.1, 0.15) is 5.75 Å². The first-order valence-electron chi connectivity index (χ1n) is 9.10. The number of hydrogen-bond acceptors (Lipinski definition) is 5. The lowest BCUT2D eigenvalue weighted by molar-refractivity contribution is -0.122. The summed E-state index contributed by atoms with van der Waals surface area (Å²) < 4.78 is 5.45. The molecule has 2 aromatic rings. The lowest BCUT2D eigenvalue weighted by Gasteiger charge is -2.39. The van der Waals surface area contributed by atoms with E-state index in [2.05, 4.69) is 21.3 Å². The van der Waals surface area contributed by atoms with Gasteiger partial charge >= 0.3 is 0 Å². The summed E-state index contributed by atoms with van der Waals surface area (Å²) >= 11 is 0. The topological polar surface area (TPSA) is 57.7 Å². The number of methoxy groups -OCH3 is 1. The molecule has 4 rings (SSSR count). The molecule has 7 heteroatoms. The van der Waals surface area contributed by atoms with Crippen molar-refractivity contribution in [1.82, 2.24) is 15.2 Å². The van der Waals surface area contributed by atoms with Crippen molar-refractivity contribution in [2.75, 3.05) is 38.2 Å². The quantitative estimate of drug-likeness (QED) is 0.870. The zero-order chi connectivity index (χ0) is 17.9. The summed E-state index contributed by atoms with van der Waals surface area (Å²) in [5.41, 5.74) is 2.01. The van der Waals surface area contributed by atoms with E-state index in [0.29, 0.717) is 6.54 Å². The number of carbonyl (C=O) groups is 1. The summed E-state index contributed by atoms with van der Waals surface area (Å²) in [5.74, 6) is 0.899. The Bertz CT molecular complexity index is 774. The Balaban J connectivity index is 0.00000210. The number of nitrogens with zero attached hydrogens (tertiary/aromatic N) is 3. The number of carbonyl (C=O) groups excluding carboxylic acids is 1. The Morgan fingerprint density at radius 2 is 2.00 bits per heavy atom. The van der Waals surface area contributed by atoms with E-state index in [1.165, 1.54) is 0 Å². The van der Waals surface area contributed by atoms with Crippen molar-refractivity contribution < 1.29 is 9.53 Å². The molecule has 2 aliphatic rings. The SMILES string of the molecule is COc1ccccc1N1CCC(N2CCNCC2c2cccnc2)C1=O.Cl. The maximum Gasteiger partial charge on any atom is 0.244 e. The number of anilines is 1. The molecule has 3 heterocycles. The highest BCUT2D eigenvalue weighted by Gasteiger charge is 2.41. The van der Waals surface area contributed by atoms with Gasteiger partial charge in [0.15, 0.2) is 0 Å². The molecule has 1 amide bonds. The molecule has 2 unspecified atom stereocenters. The fraction of sp³-hybridized carbons (Fsp3) is 0.400. The Labute approximate surface area is 165 Å². The van der Waals surface area contributed by atoms with Crippen molar-refractivity contribution in [2.24, 2.45) is 0 Å². The number of rotatable bonds is 4. The zero-order valence-corrected chi connectivity index (χ0v) is 16.2. The van der Waals surface area contributed by atoms with Crippen LogP contribution in [0.2, 0.25) is 0 Å². The van der Waals surface area contributed by atoms with E-state index in [-0.39, 0.29) is 30.4 Å². The molecule has 2 aliphatic heterocycles. The molecule has 0 radical (unpaired) electrons. The highest BCUT2D eigenvalue weighted by molar-refractivity contribution is 6.00. The van der Waals surface area contributed by atoms with E-state index < -0.39 is 0 Å². The first-order valence-corrected chi connectivity index (χ1v) is 9.10. The first kappa shape index (κ1) is 19.6. The van der Waals surface area contributed by atoms with E-state index in [4.69, 9.17) is 4.74 Å². The second-order valence-corrected chi connectivity index (χ2v) is 6.71. The van der Waals surface area contributed by atoms with E-state index in [1.54, 1.807) is 13.3 Å². The van der Waals surface area contributed by atoms with Gasteiger partial charge in [0.2, 0.25) is 5.91 Å². The summed E-state index contributed by atoms with van der Waals surface area (Å²) in [7, 11) is 1.64. The van der Waals surface area contributed by atoms with Crippen molar-refractivity contribution >= 4 is 24.0 Å². The van der Waals surface area contributed by atoms with Crippen LogP contribution in [0.25, 0.3) is 0 Å². The minimum atomic E-state index is -0.104. The van der Waals surface area contributed by atoms with E-state index in [0.717, 1.165) is 43.1 Å². The van der Waals surface area contributed by atoms with Crippen molar-refractivity contribution in [2.45, 2.75) is 18.5 Å². The average Bonchev–Trinajstić information content (AvgIpc) is 3.09. The molecule has 0 bridgehead atoms. The first-order chi connectivity index (χ1) is 12.8. The van der Waals surface area contributed by atoms with Crippen molar-refractivity contribution in [3.63, 3.8) is 0 Å². The lowest BCUT2D eigenvalue weighted by Crippen LogP contribution is -2.52. The van der Waals surface area contributed by atoms with E-state index in [1.807, 2.05) is 41.4 Å². The maximum absolute atomic E-state index is 13.2. The Kier molecular flexibility index (Phi) is 6.31. The molecule has 144 valence electrons. The highest BCUT2D eigenvalue weighted by Crippen LogP contribution is 2.34. The van der Waals surface area contributed by atoms with Crippen LogP contribution in [-0.2, 0) is 4.79 Å². The number of pyridine rings is 1. The van der Waals surface area contributed by atoms with Crippen LogP contribution >= 0.6 is 12.4 Å². The molecular weight excluding hydrogens is 364 g/mol. The molecule has 0 spiro atoms. The zero-order valence-electron chi connectivity index (χ0n) is 15.4. The van der Waals surface area contributed by atoms with Gasteiger partial charge in [-0.25, -0.2) is 0 Å². The fourth-order valence-corrected chi connectivity index (χ4v) is 4.04. The van der Waals surface area contributed by atoms with Crippen LogP contribution in [0.4, 0.5) is 5.69 Å². The summed E-state index contributed by atoms with van der Waals surface area (Å²) in [6.45, 7) is 3.31. The number of amides is 1. The summed E-state index contributed by atoms with van der Waals surface area (Å²) in [6, 6.07) is 11.8. The average molecular weight is 389 g/mol. The monoisotopic (exact) mass is 388 g/mol. The molecule has 27 heavy (non-hydrogen) atoms. The van der Waals surface area contributed by atoms with E-state index in [9.17, 15) is 4.79 Å². The Morgan fingerprint density at radius 1 is 1.15 bits per heavy atom. The molecule has 1 N–H and O–H groups in total. The number of hydrogen-bond donors (Lipinski definition) is 1. The summed E-state index contributed by atoms with van der Waals surface area (Å²) in [4.78, 5) is 21.7. The third kappa shape index (κ3) is 3.78. The van der Waals surface area contributed by atoms with Crippen LogP contribution in [0, 0.1) is 0 Å². The molecule has 6 nitrogen and oxygen atoms in total. The number of nitrogens with one attached hydrogen (secondary N) is 1. The minimum absolute atomic E-state index is 0. The molecule has 2 saturated heterocycles. The molecule has 2 atom stereocenters. The Morgan fingerprint density at radius 3 is 2.78 bits per heavy atom. The summed E-state index contributed by atoms with van der Waals surface area (Å²) in [5, 5.41) is 3.45. The van der Waals surface area contributed by atoms with Gasteiger partial charge in [0, 0.05) is 44.6 Å². The van der Waals surface area contributed by atoms with Crippen molar-refractivity contribution in [1.29, 1.82) is 0 Å². The third-order valence-corrected chi connectivity index (χ3v) is 5.31. The van der Waals surface area contributed by atoms with Gasteiger partial charge < -0.3 is 15.0 Å². The predicted octanol–water partition coefficient (Wildman–Crippen LogP) is 2.26. The van der Waals surface area contributed by atoms with Gasteiger partial charge in [-0.2, -0.15) is 0 Å². The number of ether oxygens (including phenoxy) is 1. The number of aromatic nitrogens is 1. The third-order valence-electron chi connectivity index (χ3n) is 5.31. The normalized spacial score (nSPS) is 23.1.